The summed E-state index contributed by atoms with van der Waals surface area (Å²) in [5, 5.41) is 0. The van der Waals surface area contributed by atoms with Crippen molar-refractivity contribution >= 4 is 39.2 Å². The van der Waals surface area contributed by atoms with Gasteiger partial charge in [-0.3, -0.25) is 0 Å². The zero-order valence-corrected chi connectivity index (χ0v) is 22.9. The molecule has 0 saturated carbocycles. The first-order valence-corrected chi connectivity index (χ1v) is 22.4. The van der Waals surface area contributed by atoms with Gasteiger partial charge in [-0.15, -0.1) is 0 Å². The number of rotatable bonds is 12. The number of ether oxygens (including phenoxy) is 1. The highest BCUT2D eigenvalue weighted by Crippen LogP contribution is 2.28. The molecule has 0 unspecified atom stereocenters. The normalized spacial score (nSPS) is 13.6. The lowest BCUT2D eigenvalue weighted by Crippen LogP contribution is -2.51. The second kappa shape index (κ2) is 9.97. The van der Waals surface area contributed by atoms with E-state index in [4.69, 9.17) is 13.0 Å². The van der Waals surface area contributed by atoms with Crippen molar-refractivity contribution < 1.29 is 17.8 Å². The minimum absolute atomic E-state index is 0.277. The van der Waals surface area contributed by atoms with Crippen molar-refractivity contribution in [2.45, 2.75) is 90.4 Å². The number of carbonyl (C=O) groups is 1. The Morgan fingerprint density at radius 1 is 0.846 bits per heavy atom. The van der Waals surface area contributed by atoms with Gasteiger partial charge in [-0.05, 0) is 65.2 Å². The highest BCUT2D eigenvalue weighted by atomic mass is 28.5. The molecule has 0 aromatic carbocycles. The Kier molecular flexibility index (Phi) is 9.97. The largest absolute Gasteiger partial charge is 0.462 e. The van der Waals surface area contributed by atoms with Crippen LogP contribution in [0.15, 0.2) is 12.2 Å². The molecular formula is C18H42O4Si4. The zero-order chi connectivity index (χ0) is 20.8. The summed E-state index contributed by atoms with van der Waals surface area (Å²) in [4.78, 5) is 11.4. The molecule has 0 fully saturated rings. The van der Waals surface area contributed by atoms with Crippen molar-refractivity contribution in [1.82, 2.24) is 0 Å². The molecular weight excluding hydrogens is 393 g/mol. The molecule has 0 aliphatic heterocycles. The quantitative estimate of drug-likeness (QED) is 0.164. The van der Waals surface area contributed by atoms with Gasteiger partial charge >= 0.3 is 14.5 Å². The molecule has 0 spiro atoms. The summed E-state index contributed by atoms with van der Waals surface area (Å²) in [7, 11) is -6.67. The van der Waals surface area contributed by atoms with Crippen LogP contribution in [0.25, 0.3) is 0 Å². The maximum absolute atomic E-state index is 11.4. The van der Waals surface area contributed by atoms with Gasteiger partial charge in [-0.2, -0.15) is 0 Å². The molecule has 0 N–H and O–H groups in total. The lowest BCUT2D eigenvalue weighted by Gasteiger charge is -2.38. The third kappa shape index (κ3) is 13.2. The molecule has 0 saturated heterocycles. The Morgan fingerprint density at radius 3 is 1.85 bits per heavy atom. The molecule has 154 valence electrons. The molecule has 0 aliphatic rings. The summed E-state index contributed by atoms with van der Waals surface area (Å²) in [5.41, 5.74) is 0.471. The average molecular weight is 435 g/mol. The van der Waals surface area contributed by atoms with Gasteiger partial charge in [-0.1, -0.05) is 31.8 Å². The molecule has 0 heterocycles. The van der Waals surface area contributed by atoms with E-state index in [0.29, 0.717) is 12.2 Å². The predicted octanol–water partition coefficient (Wildman–Crippen LogP) is 5.98. The SMILES string of the molecule is C=C(C)C(=O)OCCC[Si](C)(C)CC[Si](C)(C)O[Si](C)(C)O[Si](C)(C)C. The standard InChI is InChI=1S/C18H42O4Si4/c1-17(2)18(19)20-13-12-14-24(6,7)15-16-25(8,9)22-26(10,11)21-23(3,4)5/h1,12-16H2,2-11H3. The monoisotopic (exact) mass is 434 g/mol. The van der Waals surface area contributed by atoms with Gasteiger partial charge in [-0.25, -0.2) is 4.79 Å². The molecule has 26 heavy (non-hydrogen) atoms. The fraction of sp³-hybridized carbons (Fsp3) is 0.833. The Hall–Kier alpha value is -0.00247. The first-order chi connectivity index (χ1) is 11.4. The molecule has 4 nitrogen and oxygen atoms in total. The Bertz CT molecular complexity index is 482. The third-order valence-electron chi connectivity index (χ3n) is 4.06. The third-order valence-corrected chi connectivity index (χ3v) is 17.9. The lowest BCUT2D eigenvalue weighted by atomic mass is 10.4. The minimum atomic E-state index is -2.05. The molecule has 0 rings (SSSR count). The van der Waals surface area contributed by atoms with Crippen molar-refractivity contribution in [2.24, 2.45) is 0 Å². The van der Waals surface area contributed by atoms with Crippen LogP contribution < -0.4 is 0 Å². The first kappa shape index (κ1) is 26.0. The van der Waals surface area contributed by atoms with Gasteiger partial charge in [0.05, 0.1) is 6.61 Å². The van der Waals surface area contributed by atoms with Crippen molar-refractivity contribution in [1.29, 1.82) is 0 Å². The van der Waals surface area contributed by atoms with Crippen molar-refractivity contribution in [2.75, 3.05) is 6.61 Å². The van der Waals surface area contributed by atoms with Crippen molar-refractivity contribution in [3.05, 3.63) is 12.2 Å². The van der Waals surface area contributed by atoms with Crippen LogP contribution in [0.5, 0.6) is 0 Å². The summed E-state index contributed by atoms with van der Waals surface area (Å²) in [6, 6.07) is 3.62. The predicted molar refractivity (Wildman–Crippen MR) is 123 cm³/mol. The van der Waals surface area contributed by atoms with Crippen molar-refractivity contribution in [3.8, 4) is 0 Å². The van der Waals surface area contributed by atoms with E-state index in [0.717, 1.165) is 6.42 Å². The van der Waals surface area contributed by atoms with Crippen LogP contribution in [-0.2, 0) is 17.8 Å². The fourth-order valence-electron chi connectivity index (χ4n) is 3.08. The number of esters is 1. The summed E-state index contributed by atoms with van der Waals surface area (Å²) < 4.78 is 18.2. The number of hydrogen-bond donors (Lipinski definition) is 0. The number of hydrogen-bond acceptors (Lipinski definition) is 4. The highest BCUT2D eigenvalue weighted by molar-refractivity contribution is 6.88. The molecule has 0 aromatic rings. The van der Waals surface area contributed by atoms with E-state index in [1.807, 2.05) is 0 Å². The van der Waals surface area contributed by atoms with Crippen molar-refractivity contribution in [3.63, 3.8) is 0 Å². The molecule has 8 heteroatoms. The smallest absolute Gasteiger partial charge is 0.333 e. The van der Waals surface area contributed by atoms with E-state index < -0.39 is 33.3 Å². The van der Waals surface area contributed by atoms with Crippen LogP contribution in [0.2, 0.25) is 77.1 Å². The first-order valence-electron chi connectivity index (χ1n) is 9.68. The minimum Gasteiger partial charge on any atom is -0.462 e. The van der Waals surface area contributed by atoms with Crippen LogP contribution in [-0.4, -0.2) is 45.8 Å². The van der Waals surface area contributed by atoms with E-state index in [9.17, 15) is 4.79 Å². The van der Waals surface area contributed by atoms with Gasteiger partial charge in [0, 0.05) is 13.6 Å². The van der Waals surface area contributed by atoms with Gasteiger partial charge in [0.1, 0.15) is 0 Å². The molecule has 0 radical (unpaired) electrons. The molecule has 0 atom stereocenters. The molecule has 0 bridgehead atoms. The Balaban J connectivity index is 4.41. The summed E-state index contributed by atoms with van der Waals surface area (Å²) >= 11 is 0. The Labute approximate surface area is 166 Å². The second-order valence-corrected chi connectivity index (χ2v) is 28.2. The van der Waals surface area contributed by atoms with Crippen LogP contribution in [0.3, 0.4) is 0 Å². The summed E-state index contributed by atoms with van der Waals surface area (Å²) in [6.07, 6.45) is 0.945. The lowest BCUT2D eigenvalue weighted by molar-refractivity contribution is -0.138. The van der Waals surface area contributed by atoms with E-state index in [2.05, 4.69) is 65.5 Å². The maximum atomic E-state index is 11.4. The van der Waals surface area contributed by atoms with E-state index in [1.54, 1.807) is 6.92 Å². The van der Waals surface area contributed by atoms with Crippen LogP contribution in [0, 0.1) is 0 Å². The highest BCUT2D eigenvalue weighted by Gasteiger charge is 2.38. The maximum Gasteiger partial charge on any atom is 0.333 e. The fourth-order valence-corrected chi connectivity index (χ4v) is 21.7. The molecule has 0 amide bonds. The topological polar surface area (TPSA) is 44.8 Å². The van der Waals surface area contributed by atoms with E-state index >= 15 is 0 Å². The van der Waals surface area contributed by atoms with Crippen LogP contribution in [0.1, 0.15) is 13.3 Å². The van der Waals surface area contributed by atoms with Gasteiger partial charge < -0.3 is 13.0 Å². The van der Waals surface area contributed by atoms with Gasteiger partial charge in [0.2, 0.25) is 0 Å². The zero-order valence-electron chi connectivity index (χ0n) is 18.9. The second-order valence-electron chi connectivity index (χ2n) is 10.2. The Morgan fingerprint density at radius 2 is 1.38 bits per heavy atom. The summed E-state index contributed by atoms with van der Waals surface area (Å²) in [5.74, 6) is -0.277. The van der Waals surface area contributed by atoms with Crippen LogP contribution in [0.4, 0.5) is 0 Å². The summed E-state index contributed by atoms with van der Waals surface area (Å²) in [6.45, 7) is 26.4. The molecule has 0 aromatic heterocycles. The van der Waals surface area contributed by atoms with E-state index in [1.165, 1.54) is 18.1 Å². The number of carbonyl (C=O) groups excluding carboxylic acids is 1. The van der Waals surface area contributed by atoms with E-state index in [-0.39, 0.29) is 5.97 Å². The average Bonchev–Trinajstić information content (AvgIpc) is 2.37. The van der Waals surface area contributed by atoms with Gasteiger partial charge in [0.15, 0.2) is 16.6 Å². The van der Waals surface area contributed by atoms with Gasteiger partial charge in [0.25, 0.3) is 0 Å². The molecule has 0 aliphatic carbocycles. The van der Waals surface area contributed by atoms with Crippen LogP contribution >= 0.6 is 0 Å².